The Morgan fingerprint density at radius 3 is 2.74 bits per heavy atom. The molecule has 1 aromatic heterocycles. The molecule has 0 aliphatic carbocycles. The van der Waals surface area contributed by atoms with Gasteiger partial charge in [-0.2, -0.15) is 4.68 Å². The van der Waals surface area contributed by atoms with Gasteiger partial charge in [-0.25, -0.2) is 0 Å². The molecule has 2 N–H and O–H groups in total. The fourth-order valence-electron chi connectivity index (χ4n) is 2.40. The fourth-order valence-corrected chi connectivity index (χ4v) is 2.40. The number of aliphatic carboxylic acids is 1. The Labute approximate surface area is 155 Å². The molecule has 140 valence electrons. The van der Waals surface area contributed by atoms with Crippen LogP contribution in [0.1, 0.15) is 12.5 Å². The van der Waals surface area contributed by atoms with Gasteiger partial charge in [0, 0.05) is 6.54 Å². The van der Waals surface area contributed by atoms with Crippen molar-refractivity contribution < 1.29 is 19.4 Å². The first-order valence-corrected chi connectivity index (χ1v) is 8.37. The average molecular weight is 369 g/mol. The minimum Gasteiger partial charge on any atom is -0.490 e. The predicted octanol–water partition coefficient (Wildman–Crippen LogP) is 2.03. The molecule has 0 fully saturated rings. The minimum atomic E-state index is -0.910. The summed E-state index contributed by atoms with van der Waals surface area (Å²) in [6, 6.07) is 15.0. The van der Waals surface area contributed by atoms with Gasteiger partial charge >= 0.3 is 12.0 Å². The fraction of sp³-hybridized carbons (Fsp3) is 0.222. The largest absolute Gasteiger partial charge is 0.490 e. The number of benzene rings is 2. The van der Waals surface area contributed by atoms with E-state index in [-0.39, 0.29) is 12.6 Å². The van der Waals surface area contributed by atoms with E-state index in [0.29, 0.717) is 24.7 Å². The van der Waals surface area contributed by atoms with Crippen LogP contribution in [0.2, 0.25) is 0 Å². The number of para-hydroxylation sites is 1. The number of hydrogen-bond donors (Lipinski definition) is 2. The van der Waals surface area contributed by atoms with E-state index < -0.39 is 5.97 Å². The van der Waals surface area contributed by atoms with Crippen LogP contribution in [0.25, 0.3) is 5.69 Å². The lowest BCUT2D eigenvalue weighted by Gasteiger charge is -2.13. The maximum Gasteiger partial charge on any atom is 0.346 e. The van der Waals surface area contributed by atoms with Crippen LogP contribution in [0, 0.1) is 0 Å². The van der Waals surface area contributed by atoms with Crippen LogP contribution in [-0.4, -0.2) is 44.4 Å². The summed E-state index contributed by atoms with van der Waals surface area (Å²) >= 11 is 0. The van der Waals surface area contributed by atoms with Gasteiger partial charge in [0.1, 0.15) is 0 Å². The number of aromatic nitrogens is 4. The number of carboxylic acid groups (broad SMARTS) is 1. The first kappa shape index (κ1) is 18.3. The van der Waals surface area contributed by atoms with Gasteiger partial charge in [-0.05, 0) is 47.2 Å². The Morgan fingerprint density at radius 1 is 1.19 bits per heavy atom. The van der Waals surface area contributed by atoms with Crippen LogP contribution in [0.4, 0.5) is 0 Å². The number of hydrogen-bond acceptors (Lipinski definition) is 7. The van der Waals surface area contributed by atoms with E-state index in [4.69, 9.17) is 14.6 Å². The van der Waals surface area contributed by atoms with Gasteiger partial charge in [-0.1, -0.05) is 29.4 Å². The van der Waals surface area contributed by atoms with Gasteiger partial charge in [0.2, 0.25) is 0 Å². The monoisotopic (exact) mass is 369 g/mol. The molecule has 0 amide bonds. The Hall–Kier alpha value is -3.46. The summed E-state index contributed by atoms with van der Waals surface area (Å²) in [4.78, 5) is 10.6. The van der Waals surface area contributed by atoms with E-state index in [9.17, 15) is 4.79 Å². The van der Waals surface area contributed by atoms with E-state index in [0.717, 1.165) is 11.3 Å². The summed E-state index contributed by atoms with van der Waals surface area (Å²) in [5, 5.41) is 23.1. The first-order valence-electron chi connectivity index (χ1n) is 8.37. The predicted molar refractivity (Wildman–Crippen MR) is 96.2 cm³/mol. The highest BCUT2D eigenvalue weighted by Crippen LogP contribution is 2.32. The van der Waals surface area contributed by atoms with Crippen molar-refractivity contribution in [2.75, 3.05) is 13.2 Å². The average Bonchev–Trinajstić information content (AvgIpc) is 3.12. The Balaban J connectivity index is 1.80. The van der Waals surface area contributed by atoms with Crippen molar-refractivity contribution in [3.63, 3.8) is 0 Å². The van der Waals surface area contributed by atoms with E-state index in [1.807, 2.05) is 43.3 Å². The molecule has 3 rings (SSSR count). The molecule has 1 heterocycles. The second-order valence-corrected chi connectivity index (χ2v) is 5.52. The van der Waals surface area contributed by atoms with Gasteiger partial charge in [0.25, 0.3) is 0 Å². The van der Waals surface area contributed by atoms with Gasteiger partial charge < -0.3 is 19.9 Å². The minimum absolute atomic E-state index is 0.117. The summed E-state index contributed by atoms with van der Waals surface area (Å²) in [6.07, 6.45) is 0. The summed E-state index contributed by atoms with van der Waals surface area (Å²) < 4.78 is 13.0. The third kappa shape index (κ3) is 4.79. The number of carboxylic acids is 1. The molecule has 3 aromatic rings. The molecule has 0 radical (unpaired) electrons. The molecular weight excluding hydrogens is 350 g/mol. The number of rotatable bonds is 9. The number of carbonyl (C=O) groups is 1. The van der Waals surface area contributed by atoms with Crippen molar-refractivity contribution in [3.8, 4) is 23.2 Å². The first-order chi connectivity index (χ1) is 13.2. The molecule has 2 aromatic carbocycles. The van der Waals surface area contributed by atoms with Crippen LogP contribution < -0.4 is 14.8 Å². The standard InChI is InChI=1S/C18H19N5O4/c1-2-26-16-10-13(11-19-12-17(24)25)8-9-15(16)27-18-20-21-22-23(18)14-6-4-3-5-7-14/h3-10,19H,2,11-12H2,1H3,(H,24,25). The lowest BCUT2D eigenvalue weighted by Crippen LogP contribution is -2.21. The van der Waals surface area contributed by atoms with Crippen molar-refractivity contribution in [1.29, 1.82) is 0 Å². The maximum atomic E-state index is 10.6. The zero-order valence-corrected chi connectivity index (χ0v) is 14.7. The second-order valence-electron chi connectivity index (χ2n) is 5.52. The van der Waals surface area contributed by atoms with E-state index in [1.165, 1.54) is 4.68 Å². The lowest BCUT2D eigenvalue weighted by molar-refractivity contribution is -0.135. The summed E-state index contributed by atoms with van der Waals surface area (Å²) in [7, 11) is 0. The second kappa shape index (κ2) is 8.77. The van der Waals surface area contributed by atoms with E-state index >= 15 is 0 Å². The highest BCUT2D eigenvalue weighted by atomic mass is 16.5. The maximum absolute atomic E-state index is 10.6. The summed E-state index contributed by atoms with van der Waals surface area (Å²) in [5.74, 6) is 0.0771. The van der Waals surface area contributed by atoms with Crippen molar-refractivity contribution in [2.24, 2.45) is 0 Å². The summed E-state index contributed by atoms with van der Waals surface area (Å²) in [6.45, 7) is 2.60. The molecule has 0 aliphatic rings. The molecular formula is C18H19N5O4. The zero-order valence-electron chi connectivity index (χ0n) is 14.7. The molecule has 27 heavy (non-hydrogen) atoms. The highest BCUT2D eigenvalue weighted by molar-refractivity contribution is 5.69. The number of tetrazole rings is 1. The van der Waals surface area contributed by atoms with Crippen LogP contribution in [0.15, 0.2) is 48.5 Å². The van der Waals surface area contributed by atoms with Crippen molar-refractivity contribution in [3.05, 3.63) is 54.1 Å². The Morgan fingerprint density at radius 2 is 2.00 bits per heavy atom. The molecule has 0 spiro atoms. The molecule has 0 saturated heterocycles. The van der Waals surface area contributed by atoms with Crippen LogP contribution in [-0.2, 0) is 11.3 Å². The number of nitrogens with zero attached hydrogens (tertiary/aromatic N) is 4. The van der Waals surface area contributed by atoms with Crippen molar-refractivity contribution in [1.82, 2.24) is 25.5 Å². The van der Waals surface area contributed by atoms with Crippen LogP contribution >= 0.6 is 0 Å². The number of ether oxygens (including phenoxy) is 2. The molecule has 0 unspecified atom stereocenters. The van der Waals surface area contributed by atoms with Crippen LogP contribution in [0.3, 0.4) is 0 Å². The Kier molecular flexibility index (Phi) is 5.95. The molecule has 9 nitrogen and oxygen atoms in total. The topological polar surface area (TPSA) is 111 Å². The van der Waals surface area contributed by atoms with Crippen LogP contribution in [0.5, 0.6) is 17.5 Å². The van der Waals surface area contributed by atoms with Gasteiger partial charge in [0.15, 0.2) is 11.5 Å². The van der Waals surface area contributed by atoms with E-state index in [2.05, 4.69) is 20.8 Å². The van der Waals surface area contributed by atoms with Gasteiger partial charge in [0.05, 0.1) is 18.8 Å². The zero-order chi connectivity index (χ0) is 19.1. The smallest absolute Gasteiger partial charge is 0.346 e. The summed E-state index contributed by atoms with van der Waals surface area (Å²) in [5.41, 5.74) is 1.64. The molecule has 0 saturated carbocycles. The highest BCUT2D eigenvalue weighted by Gasteiger charge is 2.14. The Bertz CT molecular complexity index is 898. The number of nitrogens with one attached hydrogen (secondary N) is 1. The quantitative estimate of drug-likeness (QED) is 0.589. The molecule has 0 atom stereocenters. The third-order valence-electron chi connectivity index (χ3n) is 3.56. The lowest BCUT2D eigenvalue weighted by atomic mass is 10.2. The molecule has 0 bridgehead atoms. The SMILES string of the molecule is CCOc1cc(CNCC(=O)O)ccc1Oc1nnnn1-c1ccccc1. The third-order valence-corrected chi connectivity index (χ3v) is 3.56. The van der Waals surface area contributed by atoms with E-state index in [1.54, 1.807) is 12.1 Å². The normalized spacial score (nSPS) is 10.6. The van der Waals surface area contributed by atoms with Crippen molar-refractivity contribution >= 4 is 5.97 Å². The van der Waals surface area contributed by atoms with Crippen molar-refractivity contribution in [2.45, 2.75) is 13.5 Å². The van der Waals surface area contributed by atoms with Gasteiger partial charge in [-0.3, -0.25) is 4.79 Å². The molecule has 9 heteroatoms. The van der Waals surface area contributed by atoms with Gasteiger partial charge in [-0.15, -0.1) is 0 Å². The molecule has 0 aliphatic heterocycles.